The molecule has 0 aliphatic rings. The van der Waals surface area contributed by atoms with Crippen LogP contribution in [0.5, 0.6) is 0 Å². The van der Waals surface area contributed by atoms with Gasteiger partial charge in [0.1, 0.15) is 0 Å². The van der Waals surface area contributed by atoms with E-state index in [9.17, 15) is 9.59 Å². The molecule has 4 nitrogen and oxygen atoms in total. The summed E-state index contributed by atoms with van der Waals surface area (Å²) < 4.78 is 4.78. The fourth-order valence-corrected chi connectivity index (χ4v) is 1.42. The van der Waals surface area contributed by atoms with Gasteiger partial charge in [-0.2, -0.15) is 0 Å². The molecule has 1 amide bonds. The predicted octanol–water partition coefficient (Wildman–Crippen LogP) is 3.13. The standard InChI is InChI=1S/C12H13Cl2NO3/c1-7(2)12(17)18-6-11(16)15-10-5-8(13)3-4-9(10)14/h3-5,7H,6H2,1-2H3,(H,15,16). The molecule has 0 fully saturated rings. The minimum Gasteiger partial charge on any atom is -0.455 e. The Labute approximate surface area is 115 Å². The molecule has 0 aliphatic heterocycles. The first-order valence-corrected chi connectivity index (χ1v) is 6.07. The van der Waals surface area contributed by atoms with Crippen molar-refractivity contribution < 1.29 is 14.3 Å². The molecule has 98 valence electrons. The van der Waals surface area contributed by atoms with Crippen LogP contribution in [0.2, 0.25) is 10.0 Å². The third-order valence-electron chi connectivity index (χ3n) is 2.02. The van der Waals surface area contributed by atoms with E-state index in [0.717, 1.165) is 0 Å². The lowest BCUT2D eigenvalue weighted by atomic mass is 10.2. The number of benzene rings is 1. The van der Waals surface area contributed by atoms with Crippen molar-refractivity contribution in [3.05, 3.63) is 28.2 Å². The molecule has 1 rings (SSSR count). The smallest absolute Gasteiger partial charge is 0.308 e. The third-order valence-corrected chi connectivity index (χ3v) is 2.58. The first kappa shape index (κ1) is 14.8. The van der Waals surface area contributed by atoms with E-state index < -0.39 is 11.9 Å². The Morgan fingerprint density at radius 1 is 1.33 bits per heavy atom. The number of nitrogens with one attached hydrogen (secondary N) is 1. The molecule has 0 spiro atoms. The SMILES string of the molecule is CC(C)C(=O)OCC(=O)Nc1cc(Cl)ccc1Cl. The number of hydrogen-bond acceptors (Lipinski definition) is 3. The number of carbonyl (C=O) groups excluding carboxylic acids is 2. The van der Waals surface area contributed by atoms with Gasteiger partial charge in [-0.15, -0.1) is 0 Å². The first-order chi connectivity index (χ1) is 8.40. The van der Waals surface area contributed by atoms with Gasteiger partial charge in [0.2, 0.25) is 0 Å². The molecule has 0 atom stereocenters. The zero-order valence-electron chi connectivity index (χ0n) is 10.00. The van der Waals surface area contributed by atoms with Crippen LogP contribution in [-0.4, -0.2) is 18.5 Å². The highest BCUT2D eigenvalue weighted by molar-refractivity contribution is 6.35. The van der Waals surface area contributed by atoms with Crippen LogP contribution in [0, 0.1) is 5.92 Å². The van der Waals surface area contributed by atoms with Gasteiger partial charge in [-0.3, -0.25) is 9.59 Å². The zero-order chi connectivity index (χ0) is 13.7. The first-order valence-electron chi connectivity index (χ1n) is 5.31. The van der Waals surface area contributed by atoms with Gasteiger partial charge in [0, 0.05) is 5.02 Å². The largest absolute Gasteiger partial charge is 0.455 e. The second kappa shape index (κ2) is 6.61. The fourth-order valence-electron chi connectivity index (χ4n) is 1.08. The molecule has 6 heteroatoms. The summed E-state index contributed by atoms with van der Waals surface area (Å²) in [4.78, 5) is 22.7. The maximum Gasteiger partial charge on any atom is 0.308 e. The van der Waals surface area contributed by atoms with Crippen molar-refractivity contribution in [2.45, 2.75) is 13.8 Å². The van der Waals surface area contributed by atoms with Crippen molar-refractivity contribution >= 4 is 40.8 Å². The number of anilines is 1. The zero-order valence-corrected chi connectivity index (χ0v) is 11.5. The fraction of sp³-hybridized carbons (Fsp3) is 0.333. The van der Waals surface area contributed by atoms with E-state index >= 15 is 0 Å². The van der Waals surface area contributed by atoms with Crippen LogP contribution in [0.1, 0.15) is 13.8 Å². The van der Waals surface area contributed by atoms with Crippen molar-refractivity contribution in [3.8, 4) is 0 Å². The maximum atomic E-state index is 11.5. The van der Waals surface area contributed by atoms with Crippen LogP contribution in [0.15, 0.2) is 18.2 Å². The number of carbonyl (C=O) groups is 2. The monoisotopic (exact) mass is 289 g/mol. The maximum absolute atomic E-state index is 11.5. The van der Waals surface area contributed by atoms with Crippen LogP contribution < -0.4 is 5.32 Å². The van der Waals surface area contributed by atoms with Crippen LogP contribution in [0.4, 0.5) is 5.69 Å². The average Bonchev–Trinajstić information content (AvgIpc) is 2.30. The molecule has 0 aliphatic carbocycles. The second-order valence-electron chi connectivity index (χ2n) is 3.93. The molecular weight excluding hydrogens is 277 g/mol. The topological polar surface area (TPSA) is 55.4 Å². The van der Waals surface area contributed by atoms with Crippen LogP contribution in [0.25, 0.3) is 0 Å². The van der Waals surface area contributed by atoms with Gasteiger partial charge in [0.25, 0.3) is 5.91 Å². The lowest BCUT2D eigenvalue weighted by molar-refractivity contribution is -0.150. The Kier molecular flexibility index (Phi) is 5.44. The molecule has 0 saturated heterocycles. The lowest BCUT2D eigenvalue weighted by Gasteiger charge is -2.09. The van der Waals surface area contributed by atoms with Gasteiger partial charge in [-0.25, -0.2) is 0 Å². The van der Waals surface area contributed by atoms with Crippen LogP contribution in [0.3, 0.4) is 0 Å². The molecule has 0 bridgehead atoms. The van der Waals surface area contributed by atoms with E-state index in [1.165, 1.54) is 6.07 Å². The van der Waals surface area contributed by atoms with Gasteiger partial charge < -0.3 is 10.1 Å². The van der Waals surface area contributed by atoms with E-state index in [1.807, 2.05) is 0 Å². The Morgan fingerprint density at radius 2 is 2.00 bits per heavy atom. The summed E-state index contributed by atoms with van der Waals surface area (Å²) in [5, 5.41) is 3.33. The quantitative estimate of drug-likeness (QED) is 0.867. The number of esters is 1. The number of rotatable bonds is 4. The minimum absolute atomic E-state index is 0.271. The highest BCUT2D eigenvalue weighted by Crippen LogP contribution is 2.25. The van der Waals surface area contributed by atoms with E-state index in [1.54, 1.807) is 26.0 Å². The molecule has 0 heterocycles. The third kappa shape index (κ3) is 4.55. The molecule has 18 heavy (non-hydrogen) atoms. The highest BCUT2D eigenvalue weighted by atomic mass is 35.5. The predicted molar refractivity (Wildman–Crippen MR) is 70.9 cm³/mol. The Bertz CT molecular complexity index is 461. The highest BCUT2D eigenvalue weighted by Gasteiger charge is 2.12. The average molecular weight is 290 g/mol. The summed E-state index contributed by atoms with van der Waals surface area (Å²) in [5.74, 6) is -1.16. The van der Waals surface area contributed by atoms with Crippen LogP contribution in [-0.2, 0) is 14.3 Å². The number of amides is 1. The molecule has 0 aromatic heterocycles. The molecule has 0 radical (unpaired) electrons. The van der Waals surface area contributed by atoms with Gasteiger partial charge in [-0.1, -0.05) is 37.0 Å². The van der Waals surface area contributed by atoms with Crippen molar-refractivity contribution in [3.63, 3.8) is 0 Å². The summed E-state index contributed by atoms with van der Waals surface area (Å²) in [6, 6.07) is 4.70. The van der Waals surface area contributed by atoms with Crippen molar-refractivity contribution in [2.24, 2.45) is 5.92 Å². The number of hydrogen-bond donors (Lipinski definition) is 1. The summed E-state index contributed by atoms with van der Waals surface area (Å²) in [6.45, 7) is 3.03. The van der Waals surface area contributed by atoms with Crippen LogP contribution >= 0.6 is 23.2 Å². The van der Waals surface area contributed by atoms with Crippen molar-refractivity contribution in [1.29, 1.82) is 0 Å². The summed E-state index contributed by atoms with van der Waals surface area (Å²) in [6.07, 6.45) is 0. The Balaban J connectivity index is 2.55. The Hall–Kier alpha value is -1.26. The van der Waals surface area contributed by atoms with Gasteiger partial charge in [-0.05, 0) is 18.2 Å². The normalized spacial score (nSPS) is 10.3. The van der Waals surface area contributed by atoms with E-state index in [0.29, 0.717) is 15.7 Å². The van der Waals surface area contributed by atoms with E-state index in [2.05, 4.69) is 5.32 Å². The minimum atomic E-state index is -0.465. The summed E-state index contributed by atoms with van der Waals surface area (Å²) in [7, 11) is 0. The molecule has 1 aromatic rings. The van der Waals surface area contributed by atoms with E-state index in [-0.39, 0.29) is 12.5 Å². The van der Waals surface area contributed by atoms with Crippen molar-refractivity contribution in [1.82, 2.24) is 0 Å². The van der Waals surface area contributed by atoms with Gasteiger partial charge in [0.05, 0.1) is 16.6 Å². The molecule has 1 aromatic carbocycles. The number of halogens is 2. The number of ether oxygens (including phenoxy) is 1. The lowest BCUT2D eigenvalue weighted by Crippen LogP contribution is -2.22. The molecule has 0 saturated carbocycles. The summed E-state index contributed by atoms with van der Waals surface area (Å²) >= 11 is 11.6. The molecule has 0 unspecified atom stereocenters. The Morgan fingerprint density at radius 3 is 2.61 bits per heavy atom. The molecule has 1 N–H and O–H groups in total. The molecular formula is C12H13Cl2NO3. The summed E-state index contributed by atoms with van der Waals surface area (Å²) in [5.41, 5.74) is 0.384. The van der Waals surface area contributed by atoms with Crippen molar-refractivity contribution in [2.75, 3.05) is 11.9 Å². The van der Waals surface area contributed by atoms with E-state index in [4.69, 9.17) is 27.9 Å². The van der Waals surface area contributed by atoms with Gasteiger partial charge >= 0.3 is 5.97 Å². The van der Waals surface area contributed by atoms with Gasteiger partial charge in [0.15, 0.2) is 6.61 Å². The second-order valence-corrected chi connectivity index (χ2v) is 4.78.